The van der Waals surface area contributed by atoms with E-state index >= 15 is 0 Å². The Bertz CT molecular complexity index is 372. The van der Waals surface area contributed by atoms with Gasteiger partial charge >= 0.3 is 0 Å². The number of likely N-dealkylation sites (tertiary alicyclic amines) is 1. The second-order valence-corrected chi connectivity index (χ2v) is 4.49. The summed E-state index contributed by atoms with van der Waals surface area (Å²) in [6, 6.07) is 6.73. The second-order valence-electron chi connectivity index (χ2n) is 4.49. The predicted molar refractivity (Wildman–Crippen MR) is 65.0 cm³/mol. The van der Waals surface area contributed by atoms with Crippen LogP contribution in [0.5, 0.6) is 0 Å². The van der Waals surface area contributed by atoms with E-state index in [1.807, 2.05) is 6.07 Å². The van der Waals surface area contributed by atoms with Crippen molar-refractivity contribution >= 4 is 0 Å². The molecule has 1 aromatic rings. The lowest BCUT2D eigenvalue weighted by Crippen LogP contribution is -2.39. The minimum Gasteiger partial charge on any atom is -0.395 e. The van der Waals surface area contributed by atoms with Gasteiger partial charge in [-0.2, -0.15) is 0 Å². The van der Waals surface area contributed by atoms with Crippen molar-refractivity contribution in [3.63, 3.8) is 0 Å². The summed E-state index contributed by atoms with van der Waals surface area (Å²) in [6.45, 7) is 1.36. The monoisotopic (exact) mass is 238 g/mol. The van der Waals surface area contributed by atoms with E-state index in [-0.39, 0.29) is 24.5 Å². The normalized spacial score (nSPS) is 22.9. The van der Waals surface area contributed by atoms with E-state index in [1.165, 1.54) is 6.07 Å². The van der Waals surface area contributed by atoms with Gasteiger partial charge in [0, 0.05) is 18.2 Å². The zero-order valence-electron chi connectivity index (χ0n) is 9.85. The molecule has 94 valence electrons. The largest absolute Gasteiger partial charge is 0.395 e. The van der Waals surface area contributed by atoms with Crippen molar-refractivity contribution in [2.75, 3.05) is 19.7 Å². The van der Waals surface area contributed by atoms with Crippen molar-refractivity contribution in [3.8, 4) is 0 Å². The summed E-state index contributed by atoms with van der Waals surface area (Å²) in [5, 5.41) is 9.32. The van der Waals surface area contributed by atoms with Gasteiger partial charge in [0.1, 0.15) is 5.82 Å². The number of aliphatic hydroxyl groups is 1. The Morgan fingerprint density at radius 3 is 2.88 bits per heavy atom. The lowest BCUT2D eigenvalue weighted by molar-refractivity contribution is 0.120. The van der Waals surface area contributed by atoms with Crippen molar-refractivity contribution < 1.29 is 9.50 Å². The molecule has 0 bridgehead atoms. The number of aliphatic hydroxyl groups excluding tert-OH is 1. The first kappa shape index (κ1) is 12.5. The van der Waals surface area contributed by atoms with Crippen LogP contribution in [0.2, 0.25) is 0 Å². The smallest absolute Gasteiger partial charge is 0.128 e. The maximum Gasteiger partial charge on any atom is 0.128 e. The Kier molecular flexibility index (Phi) is 4.10. The fourth-order valence-corrected chi connectivity index (χ4v) is 2.65. The van der Waals surface area contributed by atoms with E-state index < -0.39 is 0 Å². The van der Waals surface area contributed by atoms with Gasteiger partial charge in [-0.1, -0.05) is 18.2 Å². The van der Waals surface area contributed by atoms with Crippen LogP contribution in [0.4, 0.5) is 4.39 Å². The number of halogens is 1. The summed E-state index contributed by atoms with van der Waals surface area (Å²) in [5.74, 6) is -0.216. The average Bonchev–Trinajstić information content (AvgIpc) is 2.81. The van der Waals surface area contributed by atoms with E-state index in [9.17, 15) is 9.50 Å². The highest BCUT2D eigenvalue weighted by Crippen LogP contribution is 2.29. The third-order valence-corrected chi connectivity index (χ3v) is 3.52. The molecular formula is C13H19FN2O. The molecule has 0 spiro atoms. The van der Waals surface area contributed by atoms with Crippen LogP contribution < -0.4 is 5.73 Å². The molecule has 3 nitrogen and oxygen atoms in total. The fourth-order valence-electron chi connectivity index (χ4n) is 2.65. The van der Waals surface area contributed by atoms with Crippen LogP contribution in [0.15, 0.2) is 24.3 Å². The van der Waals surface area contributed by atoms with Crippen LogP contribution in [0.1, 0.15) is 24.4 Å². The van der Waals surface area contributed by atoms with Crippen LogP contribution >= 0.6 is 0 Å². The van der Waals surface area contributed by atoms with Gasteiger partial charge in [0.2, 0.25) is 0 Å². The van der Waals surface area contributed by atoms with Gasteiger partial charge in [0.25, 0.3) is 0 Å². The first-order valence-corrected chi connectivity index (χ1v) is 6.09. The molecule has 2 rings (SSSR count). The van der Waals surface area contributed by atoms with Gasteiger partial charge in [-0.15, -0.1) is 0 Å². The van der Waals surface area contributed by atoms with E-state index in [2.05, 4.69) is 4.90 Å². The Balaban J connectivity index is 2.24. The Morgan fingerprint density at radius 1 is 1.47 bits per heavy atom. The quantitative estimate of drug-likeness (QED) is 0.831. The van der Waals surface area contributed by atoms with Crippen molar-refractivity contribution in [2.45, 2.75) is 24.9 Å². The first-order valence-electron chi connectivity index (χ1n) is 6.09. The standard InChI is InChI=1S/C13H19FN2O/c14-12-6-2-1-5-11(12)13(8-15)16-7-3-4-10(16)9-17/h1-2,5-6,10,13,17H,3-4,7-9,15H2. The molecule has 1 fully saturated rings. The first-order chi connectivity index (χ1) is 8.27. The molecule has 4 heteroatoms. The molecule has 0 aliphatic carbocycles. The molecule has 1 aliphatic heterocycles. The highest BCUT2D eigenvalue weighted by Gasteiger charge is 2.31. The summed E-state index contributed by atoms with van der Waals surface area (Å²) in [5.41, 5.74) is 6.42. The minimum absolute atomic E-state index is 0.114. The average molecular weight is 238 g/mol. The van der Waals surface area contributed by atoms with Crippen molar-refractivity contribution in [2.24, 2.45) is 5.73 Å². The van der Waals surface area contributed by atoms with E-state index in [4.69, 9.17) is 5.73 Å². The van der Waals surface area contributed by atoms with Crippen LogP contribution in [-0.2, 0) is 0 Å². The van der Waals surface area contributed by atoms with Gasteiger partial charge in [0.05, 0.1) is 12.6 Å². The molecule has 0 radical (unpaired) electrons. The number of nitrogens with two attached hydrogens (primary N) is 1. The number of hydrogen-bond acceptors (Lipinski definition) is 3. The molecule has 2 atom stereocenters. The molecule has 3 N–H and O–H groups in total. The highest BCUT2D eigenvalue weighted by atomic mass is 19.1. The van der Waals surface area contributed by atoms with Crippen molar-refractivity contribution in [1.29, 1.82) is 0 Å². The van der Waals surface area contributed by atoms with Crippen molar-refractivity contribution in [3.05, 3.63) is 35.6 Å². The zero-order valence-corrected chi connectivity index (χ0v) is 9.85. The van der Waals surface area contributed by atoms with Gasteiger partial charge in [-0.05, 0) is 25.5 Å². The molecule has 17 heavy (non-hydrogen) atoms. The van der Waals surface area contributed by atoms with Crippen LogP contribution in [0.25, 0.3) is 0 Å². The summed E-state index contributed by atoms with van der Waals surface area (Å²) in [6.07, 6.45) is 2.00. The molecular weight excluding hydrogens is 219 g/mol. The van der Waals surface area contributed by atoms with E-state index in [0.717, 1.165) is 19.4 Å². The van der Waals surface area contributed by atoms with Crippen molar-refractivity contribution in [1.82, 2.24) is 4.90 Å². The molecule has 2 unspecified atom stereocenters. The second kappa shape index (κ2) is 5.58. The minimum atomic E-state index is -0.216. The third-order valence-electron chi connectivity index (χ3n) is 3.52. The SMILES string of the molecule is NCC(c1ccccc1F)N1CCCC1CO. The number of nitrogens with zero attached hydrogens (tertiary/aromatic N) is 1. The van der Waals surface area contributed by atoms with Gasteiger partial charge in [0.15, 0.2) is 0 Å². The predicted octanol–water partition coefficient (Wildman–Crippen LogP) is 1.28. The van der Waals surface area contributed by atoms with Gasteiger partial charge in [-0.3, -0.25) is 4.90 Å². The van der Waals surface area contributed by atoms with E-state index in [0.29, 0.717) is 12.1 Å². The molecule has 1 aromatic carbocycles. The Labute approximate surface area is 101 Å². The van der Waals surface area contributed by atoms with Crippen LogP contribution in [0.3, 0.4) is 0 Å². The molecule has 0 aromatic heterocycles. The topological polar surface area (TPSA) is 49.5 Å². The summed E-state index contributed by atoms with van der Waals surface area (Å²) in [7, 11) is 0. The number of hydrogen-bond donors (Lipinski definition) is 2. The molecule has 1 aliphatic rings. The number of rotatable bonds is 4. The molecule has 1 saturated heterocycles. The summed E-state index contributed by atoms with van der Waals surface area (Å²) in [4.78, 5) is 2.12. The van der Waals surface area contributed by atoms with Gasteiger partial charge < -0.3 is 10.8 Å². The lowest BCUT2D eigenvalue weighted by Gasteiger charge is -2.31. The fraction of sp³-hybridized carbons (Fsp3) is 0.538. The number of benzene rings is 1. The molecule has 1 heterocycles. The lowest BCUT2D eigenvalue weighted by atomic mass is 10.0. The van der Waals surface area contributed by atoms with Crippen LogP contribution in [0, 0.1) is 5.82 Å². The maximum atomic E-state index is 13.8. The Morgan fingerprint density at radius 2 is 2.24 bits per heavy atom. The molecule has 0 amide bonds. The molecule has 0 saturated carbocycles. The highest BCUT2D eigenvalue weighted by molar-refractivity contribution is 5.22. The summed E-state index contributed by atoms with van der Waals surface area (Å²) >= 11 is 0. The summed E-state index contributed by atoms with van der Waals surface area (Å²) < 4.78 is 13.8. The van der Waals surface area contributed by atoms with Crippen LogP contribution in [-0.4, -0.2) is 35.7 Å². The maximum absolute atomic E-state index is 13.8. The zero-order chi connectivity index (χ0) is 12.3. The third kappa shape index (κ3) is 2.49. The Hall–Kier alpha value is -0.970. The van der Waals surface area contributed by atoms with Gasteiger partial charge in [-0.25, -0.2) is 4.39 Å². The van der Waals surface area contributed by atoms with E-state index in [1.54, 1.807) is 12.1 Å².